The van der Waals surface area contributed by atoms with Crippen molar-refractivity contribution < 1.29 is 17.6 Å². The van der Waals surface area contributed by atoms with Crippen LogP contribution in [0, 0.1) is 12.7 Å². The Kier molecular flexibility index (Phi) is 8.64. The van der Waals surface area contributed by atoms with Crippen molar-refractivity contribution in [2.24, 2.45) is 0 Å². The highest BCUT2D eigenvalue weighted by Crippen LogP contribution is 2.28. The van der Waals surface area contributed by atoms with Crippen LogP contribution in [0.2, 0.25) is 0 Å². The average Bonchev–Trinajstić information content (AvgIpc) is 3.05. The highest BCUT2D eigenvalue weighted by molar-refractivity contribution is 7.92. The number of hydrogen-bond donors (Lipinski definition) is 2. The van der Waals surface area contributed by atoms with Gasteiger partial charge >= 0.3 is 0 Å². The van der Waals surface area contributed by atoms with Crippen LogP contribution >= 0.6 is 24.8 Å². The minimum atomic E-state index is -3.58. The van der Waals surface area contributed by atoms with Gasteiger partial charge in [0.25, 0.3) is 0 Å². The molecule has 1 fully saturated rings. The molecule has 2 aromatic rings. The van der Waals surface area contributed by atoms with Gasteiger partial charge in [-0.3, -0.25) is 4.79 Å². The maximum Gasteiger partial charge on any atom is 0.241 e. The van der Waals surface area contributed by atoms with Crippen LogP contribution in [0.25, 0.3) is 5.69 Å². The van der Waals surface area contributed by atoms with E-state index in [1.165, 1.54) is 6.07 Å². The predicted octanol–water partition coefficient (Wildman–Crippen LogP) is 1.95. The first kappa shape index (κ1) is 25.4. The number of carbonyl (C=O) groups excluding carboxylic acids is 1. The van der Waals surface area contributed by atoms with E-state index in [1.54, 1.807) is 36.0 Å². The van der Waals surface area contributed by atoms with Crippen molar-refractivity contribution >= 4 is 40.6 Å². The van der Waals surface area contributed by atoms with Crippen molar-refractivity contribution in [1.82, 2.24) is 20.2 Å². The SMILES string of the molecule is Cc1nccn1-c1ccc(CNC(=O)C2(S(C)(=O)=O)CCNCC2)cc1F.Cl.Cl. The highest BCUT2D eigenvalue weighted by Gasteiger charge is 2.48. The van der Waals surface area contributed by atoms with Gasteiger partial charge in [0.1, 0.15) is 11.6 Å². The summed E-state index contributed by atoms with van der Waals surface area (Å²) in [6.45, 7) is 2.77. The molecule has 0 saturated carbocycles. The molecule has 0 atom stereocenters. The molecule has 0 unspecified atom stereocenters. The number of aromatic nitrogens is 2. The minimum Gasteiger partial charge on any atom is -0.351 e. The van der Waals surface area contributed by atoms with Crippen molar-refractivity contribution in [3.63, 3.8) is 0 Å². The highest BCUT2D eigenvalue weighted by atomic mass is 35.5. The summed E-state index contributed by atoms with van der Waals surface area (Å²) in [6.07, 6.45) is 4.81. The first-order valence-electron chi connectivity index (χ1n) is 8.72. The number of aryl methyl sites for hydroxylation is 1. The number of nitrogens with zero attached hydrogens (tertiary/aromatic N) is 2. The Labute approximate surface area is 182 Å². The van der Waals surface area contributed by atoms with Crippen LogP contribution in [0.15, 0.2) is 30.6 Å². The minimum absolute atomic E-state index is 0. The van der Waals surface area contributed by atoms with Crippen LogP contribution in [0.3, 0.4) is 0 Å². The van der Waals surface area contributed by atoms with E-state index >= 15 is 0 Å². The van der Waals surface area contributed by atoms with E-state index in [1.807, 2.05) is 0 Å². The molecule has 1 aliphatic heterocycles. The Bertz CT molecular complexity index is 960. The molecule has 1 aliphatic rings. The molecule has 1 saturated heterocycles. The number of hydrogen-bond acceptors (Lipinski definition) is 5. The standard InChI is InChI=1S/C18H23FN4O3S.2ClH/c1-13-21-9-10-23(13)16-4-3-14(11-15(16)19)12-22-17(24)18(27(2,25)26)5-7-20-8-6-18;;/h3-4,9-11,20H,5-8,12H2,1-2H3,(H,22,24);2*1H. The third kappa shape index (κ3) is 5.09. The van der Waals surface area contributed by atoms with Gasteiger partial charge in [-0.2, -0.15) is 0 Å². The lowest BCUT2D eigenvalue weighted by Gasteiger charge is -2.34. The quantitative estimate of drug-likeness (QED) is 0.702. The number of amides is 1. The molecule has 29 heavy (non-hydrogen) atoms. The number of benzene rings is 1. The Morgan fingerprint density at radius 1 is 1.31 bits per heavy atom. The normalized spacial score (nSPS) is 15.7. The molecule has 162 valence electrons. The molecule has 2 N–H and O–H groups in total. The lowest BCUT2D eigenvalue weighted by atomic mass is 9.95. The third-order valence-electron chi connectivity index (χ3n) is 5.09. The summed E-state index contributed by atoms with van der Waals surface area (Å²) in [4.78, 5) is 16.8. The van der Waals surface area contributed by atoms with E-state index in [2.05, 4.69) is 15.6 Å². The number of nitrogens with one attached hydrogen (secondary N) is 2. The number of sulfone groups is 1. The summed E-state index contributed by atoms with van der Waals surface area (Å²) in [5, 5.41) is 5.75. The first-order valence-corrected chi connectivity index (χ1v) is 10.6. The fraction of sp³-hybridized carbons (Fsp3) is 0.444. The van der Waals surface area contributed by atoms with Crippen molar-refractivity contribution in [2.45, 2.75) is 31.1 Å². The fourth-order valence-electron chi connectivity index (χ4n) is 3.43. The molecule has 3 rings (SSSR count). The first-order chi connectivity index (χ1) is 12.7. The predicted molar refractivity (Wildman–Crippen MR) is 114 cm³/mol. The van der Waals surface area contributed by atoms with Gasteiger partial charge < -0.3 is 15.2 Å². The number of carbonyl (C=O) groups is 1. The average molecular weight is 467 g/mol. The lowest BCUT2D eigenvalue weighted by Crippen LogP contribution is -2.57. The van der Waals surface area contributed by atoms with Gasteiger partial charge in [-0.25, -0.2) is 17.8 Å². The largest absolute Gasteiger partial charge is 0.351 e. The number of halogens is 3. The van der Waals surface area contributed by atoms with Crippen LogP contribution < -0.4 is 10.6 Å². The number of piperidine rings is 1. The van der Waals surface area contributed by atoms with E-state index in [-0.39, 0.29) is 44.2 Å². The topological polar surface area (TPSA) is 93.1 Å². The van der Waals surface area contributed by atoms with E-state index in [4.69, 9.17) is 0 Å². The summed E-state index contributed by atoms with van der Waals surface area (Å²) in [6, 6.07) is 4.65. The molecule has 7 nitrogen and oxygen atoms in total. The number of imidazole rings is 1. The van der Waals surface area contributed by atoms with Crippen molar-refractivity contribution in [3.05, 3.63) is 47.8 Å². The van der Waals surface area contributed by atoms with Crippen molar-refractivity contribution in [2.75, 3.05) is 19.3 Å². The Hall–Kier alpha value is -1.68. The van der Waals surface area contributed by atoms with Gasteiger partial charge in [0.2, 0.25) is 5.91 Å². The van der Waals surface area contributed by atoms with E-state index in [0.29, 0.717) is 30.2 Å². The summed E-state index contributed by atoms with van der Waals surface area (Å²) < 4.78 is 39.2. The second-order valence-corrected chi connectivity index (χ2v) is 9.16. The van der Waals surface area contributed by atoms with E-state index < -0.39 is 26.3 Å². The maximum atomic E-state index is 14.5. The Balaban J connectivity index is 0.00000210. The van der Waals surface area contributed by atoms with Crippen LogP contribution in [0.5, 0.6) is 0 Å². The zero-order valence-corrected chi connectivity index (χ0v) is 18.6. The third-order valence-corrected chi connectivity index (χ3v) is 7.10. The van der Waals surface area contributed by atoms with Gasteiger partial charge in [0.15, 0.2) is 14.6 Å². The molecule has 0 bridgehead atoms. The van der Waals surface area contributed by atoms with E-state index in [9.17, 15) is 17.6 Å². The van der Waals surface area contributed by atoms with E-state index in [0.717, 1.165) is 6.26 Å². The zero-order chi connectivity index (χ0) is 19.7. The molecular formula is C18H25Cl2FN4O3S. The summed E-state index contributed by atoms with van der Waals surface area (Å²) in [5.74, 6) is -0.306. The van der Waals surface area contributed by atoms with Crippen LogP contribution in [-0.4, -0.2) is 48.0 Å². The van der Waals surface area contributed by atoms with Gasteiger partial charge in [0.05, 0.1) is 5.69 Å². The Morgan fingerprint density at radius 2 is 1.97 bits per heavy atom. The molecule has 0 aliphatic carbocycles. The van der Waals surface area contributed by atoms with Crippen molar-refractivity contribution in [1.29, 1.82) is 0 Å². The molecule has 0 spiro atoms. The summed E-state index contributed by atoms with van der Waals surface area (Å²) in [5.41, 5.74) is 0.922. The van der Waals surface area contributed by atoms with Gasteiger partial charge in [0, 0.05) is 25.2 Å². The number of rotatable bonds is 5. The molecule has 2 heterocycles. The van der Waals surface area contributed by atoms with Crippen LogP contribution in [0.1, 0.15) is 24.2 Å². The lowest BCUT2D eigenvalue weighted by molar-refractivity contribution is -0.124. The monoisotopic (exact) mass is 466 g/mol. The molecule has 0 radical (unpaired) electrons. The van der Waals surface area contributed by atoms with Crippen LogP contribution in [-0.2, 0) is 21.2 Å². The summed E-state index contributed by atoms with van der Waals surface area (Å²) >= 11 is 0. The second kappa shape index (κ2) is 9.88. The zero-order valence-electron chi connectivity index (χ0n) is 16.1. The molecule has 1 aromatic heterocycles. The summed E-state index contributed by atoms with van der Waals surface area (Å²) in [7, 11) is -3.58. The Morgan fingerprint density at radius 3 is 2.48 bits per heavy atom. The second-order valence-electron chi connectivity index (χ2n) is 6.83. The van der Waals surface area contributed by atoms with Gasteiger partial charge in [-0.15, -0.1) is 24.8 Å². The fourth-order valence-corrected chi connectivity index (χ4v) is 4.78. The molecular weight excluding hydrogens is 442 g/mol. The maximum absolute atomic E-state index is 14.5. The van der Waals surface area contributed by atoms with Crippen LogP contribution in [0.4, 0.5) is 4.39 Å². The molecule has 1 amide bonds. The van der Waals surface area contributed by atoms with Gasteiger partial charge in [-0.05, 0) is 50.6 Å². The molecule has 11 heteroatoms. The van der Waals surface area contributed by atoms with Crippen molar-refractivity contribution in [3.8, 4) is 5.69 Å². The smallest absolute Gasteiger partial charge is 0.241 e. The molecule has 1 aromatic carbocycles. The van der Waals surface area contributed by atoms with Gasteiger partial charge in [-0.1, -0.05) is 6.07 Å².